The smallest absolute Gasteiger partial charge is 0.411 e. The molecule has 2 aromatic carbocycles. The summed E-state index contributed by atoms with van der Waals surface area (Å²) >= 11 is 0. The summed E-state index contributed by atoms with van der Waals surface area (Å²) in [5.41, 5.74) is 10.4. The van der Waals surface area contributed by atoms with Gasteiger partial charge in [-0.05, 0) is 41.6 Å². The summed E-state index contributed by atoms with van der Waals surface area (Å²) in [7, 11) is -4.04. The van der Waals surface area contributed by atoms with E-state index in [0.29, 0.717) is 24.3 Å². The summed E-state index contributed by atoms with van der Waals surface area (Å²) in [5, 5.41) is 0. The van der Waals surface area contributed by atoms with Crippen molar-refractivity contribution >= 4 is 7.75 Å². The standard InChI is InChI=1S/C16H18N3O3P/c1-3-13-9-5-7-11-15(13)21-23(20,19-18-17)22-16-12-8-6-10-14(16)4-2/h5-12H,3-4H2,1-2H3. The molecule has 0 atom stereocenters. The molecule has 120 valence electrons. The van der Waals surface area contributed by atoms with E-state index in [-0.39, 0.29) is 0 Å². The highest BCUT2D eigenvalue weighted by molar-refractivity contribution is 7.53. The summed E-state index contributed by atoms with van der Waals surface area (Å²) in [4.78, 5) is 5.91. The van der Waals surface area contributed by atoms with Gasteiger partial charge in [0.25, 0.3) is 0 Å². The third kappa shape index (κ3) is 4.28. The van der Waals surface area contributed by atoms with Crippen molar-refractivity contribution in [3.05, 3.63) is 70.1 Å². The maximum atomic E-state index is 12.8. The number of azide groups is 1. The maximum Gasteiger partial charge on any atom is 0.525 e. The highest BCUT2D eigenvalue weighted by Crippen LogP contribution is 2.51. The van der Waals surface area contributed by atoms with Crippen molar-refractivity contribution in [2.75, 3.05) is 0 Å². The van der Waals surface area contributed by atoms with Crippen LogP contribution in [-0.4, -0.2) is 0 Å². The molecule has 0 radical (unpaired) electrons. The lowest BCUT2D eigenvalue weighted by molar-refractivity contribution is 0.384. The molecule has 2 rings (SSSR count). The van der Waals surface area contributed by atoms with E-state index >= 15 is 0 Å². The van der Waals surface area contributed by atoms with Crippen LogP contribution in [-0.2, 0) is 17.4 Å². The highest BCUT2D eigenvalue weighted by Gasteiger charge is 2.28. The fourth-order valence-corrected chi connectivity index (χ4v) is 3.18. The minimum Gasteiger partial charge on any atom is -0.411 e. The first-order chi connectivity index (χ1) is 11.1. The van der Waals surface area contributed by atoms with Gasteiger partial charge in [0.15, 0.2) is 0 Å². The maximum absolute atomic E-state index is 12.8. The summed E-state index contributed by atoms with van der Waals surface area (Å²) < 4.78 is 23.8. The molecule has 0 saturated carbocycles. The minimum absolute atomic E-state index is 0.389. The van der Waals surface area contributed by atoms with Gasteiger partial charge < -0.3 is 9.05 Å². The van der Waals surface area contributed by atoms with E-state index in [4.69, 9.17) is 14.6 Å². The van der Waals surface area contributed by atoms with Crippen molar-refractivity contribution in [3.63, 3.8) is 0 Å². The van der Waals surface area contributed by atoms with E-state index < -0.39 is 7.75 Å². The first kappa shape index (κ1) is 16.9. The van der Waals surface area contributed by atoms with Crippen LogP contribution in [0, 0.1) is 0 Å². The second-order valence-electron chi connectivity index (χ2n) is 4.75. The quantitative estimate of drug-likeness (QED) is 0.283. The van der Waals surface area contributed by atoms with E-state index in [9.17, 15) is 4.57 Å². The lowest BCUT2D eigenvalue weighted by atomic mass is 10.1. The largest absolute Gasteiger partial charge is 0.525 e. The van der Waals surface area contributed by atoms with E-state index in [2.05, 4.69) is 9.80 Å². The molecule has 0 bridgehead atoms. The Labute approximate surface area is 135 Å². The number of benzene rings is 2. The Hall–Kier alpha value is -2.42. The number of rotatable bonds is 7. The van der Waals surface area contributed by atoms with Crippen molar-refractivity contribution in [2.45, 2.75) is 26.7 Å². The number of hydrogen-bond acceptors (Lipinski definition) is 3. The average Bonchev–Trinajstić information content (AvgIpc) is 2.56. The Balaban J connectivity index is 2.36. The Morgan fingerprint density at radius 1 is 0.957 bits per heavy atom. The predicted molar refractivity (Wildman–Crippen MR) is 89.6 cm³/mol. The van der Waals surface area contributed by atoms with Gasteiger partial charge in [0.1, 0.15) is 11.5 Å². The minimum atomic E-state index is -4.04. The van der Waals surface area contributed by atoms with Gasteiger partial charge >= 0.3 is 7.75 Å². The van der Waals surface area contributed by atoms with Crippen molar-refractivity contribution in [1.82, 2.24) is 0 Å². The van der Waals surface area contributed by atoms with Crippen molar-refractivity contribution in [2.24, 2.45) is 4.88 Å². The topological polar surface area (TPSA) is 84.3 Å². The van der Waals surface area contributed by atoms with Crippen LogP contribution in [0.25, 0.3) is 10.4 Å². The molecule has 0 aliphatic heterocycles. The zero-order valence-corrected chi connectivity index (χ0v) is 13.9. The summed E-state index contributed by atoms with van der Waals surface area (Å²) in [6.07, 6.45) is 1.38. The molecule has 0 spiro atoms. The Bertz CT molecular complexity index is 719. The van der Waals surface area contributed by atoms with Crippen molar-refractivity contribution in [3.8, 4) is 11.5 Å². The second kappa shape index (κ2) is 7.73. The highest BCUT2D eigenvalue weighted by atomic mass is 31.2. The molecular formula is C16H18N3O3P. The zero-order valence-electron chi connectivity index (χ0n) is 13.0. The van der Waals surface area contributed by atoms with Crippen molar-refractivity contribution < 1.29 is 13.6 Å². The number of para-hydroxylation sites is 2. The monoisotopic (exact) mass is 331 g/mol. The lowest BCUT2D eigenvalue weighted by Gasteiger charge is -2.18. The summed E-state index contributed by atoms with van der Waals surface area (Å²) in [6, 6.07) is 14.3. The van der Waals surface area contributed by atoms with Gasteiger partial charge in [-0.2, -0.15) is 0 Å². The van der Waals surface area contributed by atoms with E-state index in [1.165, 1.54) is 0 Å². The Kier molecular flexibility index (Phi) is 5.69. The van der Waals surface area contributed by atoms with Gasteiger partial charge in [-0.25, -0.2) is 4.57 Å². The van der Waals surface area contributed by atoms with Gasteiger partial charge in [-0.3, -0.25) is 0 Å². The first-order valence-corrected chi connectivity index (χ1v) is 8.83. The van der Waals surface area contributed by atoms with Crippen LogP contribution < -0.4 is 9.05 Å². The lowest BCUT2D eigenvalue weighted by Crippen LogP contribution is -2.01. The van der Waals surface area contributed by atoms with Gasteiger partial charge in [0.05, 0.1) is 0 Å². The van der Waals surface area contributed by atoms with Gasteiger partial charge in [0.2, 0.25) is 0 Å². The molecular weight excluding hydrogens is 313 g/mol. The van der Waals surface area contributed by atoms with E-state index in [1.807, 2.05) is 38.1 Å². The number of hydrogen-bond donors (Lipinski definition) is 0. The molecule has 23 heavy (non-hydrogen) atoms. The fourth-order valence-electron chi connectivity index (χ4n) is 2.12. The summed E-state index contributed by atoms with van der Waals surface area (Å²) in [6.45, 7) is 3.90. The average molecular weight is 331 g/mol. The van der Waals surface area contributed by atoms with Crippen LogP contribution in [0.4, 0.5) is 0 Å². The third-order valence-corrected chi connectivity index (χ3v) is 4.44. The number of aryl methyl sites for hydroxylation is 2. The van der Waals surface area contributed by atoms with Crippen LogP contribution in [0.3, 0.4) is 0 Å². The molecule has 0 heterocycles. The molecule has 0 unspecified atom stereocenters. The van der Waals surface area contributed by atoms with E-state index in [0.717, 1.165) is 11.1 Å². The molecule has 0 aromatic heterocycles. The fraction of sp³-hybridized carbons (Fsp3) is 0.250. The molecule has 6 nitrogen and oxygen atoms in total. The molecule has 0 fully saturated rings. The normalized spacial score (nSPS) is 10.7. The Morgan fingerprint density at radius 3 is 1.78 bits per heavy atom. The molecule has 0 saturated heterocycles. The van der Waals surface area contributed by atoms with Crippen molar-refractivity contribution in [1.29, 1.82) is 0 Å². The second-order valence-corrected chi connectivity index (χ2v) is 6.23. The van der Waals surface area contributed by atoms with Crippen LogP contribution in [0.2, 0.25) is 0 Å². The SMILES string of the molecule is CCc1ccccc1OP(=O)(N=[N+]=[N-])Oc1ccccc1CC. The molecule has 0 aliphatic rings. The van der Waals surface area contributed by atoms with E-state index in [1.54, 1.807) is 24.3 Å². The summed E-state index contributed by atoms with van der Waals surface area (Å²) in [5.74, 6) is 0.777. The van der Waals surface area contributed by atoms with Gasteiger partial charge in [0, 0.05) is 9.80 Å². The Morgan fingerprint density at radius 2 is 1.39 bits per heavy atom. The zero-order chi connectivity index (χ0) is 16.7. The molecule has 7 heteroatoms. The molecule has 0 N–H and O–H groups in total. The third-order valence-electron chi connectivity index (χ3n) is 3.28. The predicted octanol–water partition coefficient (Wildman–Crippen LogP) is 5.69. The molecule has 0 aliphatic carbocycles. The van der Waals surface area contributed by atoms with Crippen LogP contribution in [0.5, 0.6) is 11.5 Å². The molecule has 2 aromatic rings. The van der Waals surface area contributed by atoms with Crippen LogP contribution >= 0.6 is 7.75 Å². The number of nitrogens with zero attached hydrogens (tertiary/aromatic N) is 3. The van der Waals surface area contributed by atoms with Crippen LogP contribution in [0.1, 0.15) is 25.0 Å². The van der Waals surface area contributed by atoms with Gasteiger partial charge in [-0.1, -0.05) is 50.2 Å². The van der Waals surface area contributed by atoms with Crippen LogP contribution in [0.15, 0.2) is 53.4 Å². The van der Waals surface area contributed by atoms with Gasteiger partial charge in [-0.15, -0.1) is 0 Å². The first-order valence-electron chi connectivity index (χ1n) is 7.33. The molecule has 0 amide bonds.